The molecule has 28 heavy (non-hydrogen) atoms. The van der Waals surface area contributed by atoms with Crippen LogP contribution in [0.3, 0.4) is 0 Å². The van der Waals surface area contributed by atoms with Crippen molar-refractivity contribution in [2.45, 2.75) is 36.2 Å². The summed E-state index contributed by atoms with van der Waals surface area (Å²) in [4.78, 5) is 27.9. The van der Waals surface area contributed by atoms with Gasteiger partial charge in [0.2, 0.25) is 10.9 Å². The zero-order valence-electron chi connectivity index (χ0n) is 15.8. The number of benzene rings is 1. The maximum absolute atomic E-state index is 12.6. The van der Waals surface area contributed by atoms with Crippen molar-refractivity contribution in [2.24, 2.45) is 7.05 Å². The molecule has 0 amide bonds. The predicted molar refractivity (Wildman–Crippen MR) is 103 cm³/mol. The van der Waals surface area contributed by atoms with E-state index in [2.05, 4.69) is 15.2 Å². The number of nitrogens with two attached hydrogens (primary N) is 1. The van der Waals surface area contributed by atoms with E-state index < -0.39 is 10.7 Å². The van der Waals surface area contributed by atoms with Crippen LogP contribution in [0.1, 0.15) is 42.8 Å². The van der Waals surface area contributed by atoms with Crippen molar-refractivity contribution in [2.75, 3.05) is 5.84 Å². The first-order chi connectivity index (χ1) is 13.1. The molecule has 3 rings (SSSR count). The second-order valence-corrected chi connectivity index (χ2v) is 8.17. The highest BCUT2D eigenvalue weighted by Crippen LogP contribution is 2.35. The Morgan fingerprint density at radius 2 is 2.00 bits per heavy atom. The third kappa shape index (κ3) is 3.60. The second-order valence-electron chi connectivity index (χ2n) is 7.16. The Morgan fingerprint density at radius 1 is 1.29 bits per heavy atom. The summed E-state index contributed by atoms with van der Waals surface area (Å²) in [6.07, 6.45) is 3.12. The maximum atomic E-state index is 12.6. The number of nitro benzene ring substituents is 1. The molecule has 2 aromatic heterocycles. The standard InChI is InChI=1S/C17H19N7O3S/c1-17(2,3)15-20-21-16(23(15)18)28-12-6-5-10(9-11(12)24(26)27)13(25)14-19-7-8-22(14)4/h5-9H,18H2,1-4H3. The number of nitrogen functional groups attached to an aromatic ring is 1. The minimum atomic E-state index is -0.542. The summed E-state index contributed by atoms with van der Waals surface area (Å²) in [6, 6.07) is 4.26. The molecule has 0 bridgehead atoms. The highest BCUT2D eigenvalue weighted by molar-refractivity contribution is 7.99. The van der Waals surface area contributed by atoms with Crippen LogP contribution < -0.4 is 5.84 Å². The number of hydrogen-bond acceptors (Lipinski definition) is 8. The van der Waals surface area contributed by atoms with Gasteiger partial charge in [-0.25, -0.2) is 9.66 Å². The number of carbonyl (C=O) groups excluding carboxylic acids is 1. The van der Waals surface area contributed by atoms with Crippen LogP contribution in [0.2, 0.25) is 0 Å². The lowest BCUT2D eigenvalue weighted by atomic mass is 9.96. The average molecular weight is 401 g/mol. The van der Waals surface area contributed by atoms with Crippen LogP contribution in [0.25, 0.3) is 0 Å². The van der Waals surface area contributed by atoms with E-state index in [0.29, 0.717) is 15.9 Å². The number of rotatable bonds is 5. The molecule has 2 N–H and O–H groups in total. The van der Waals surface area contributed by atoms with Gasteiger partial charge in [-0.1, -0.05) is 20.8 Å². The Bertz CT molecular complexity index is 1070. The van der Waals surface area contributed by atoms with Crippen molar-refractivity contribution in [3.63, 3.8) is 0 Å². The monoisotopic (exact) mass is 401 g/mol. The van der Waals surface area contributed by atoms with Crippen molar-refractivity contribution in [3.05, 3.63) is 57.9 Å². The summed E-state index contributed by atoms with van der Waals surface area (Å²) in [5, 5.41) is 20.0. The van der Waals surface area contributed by atoms with Gasteiger partial charge in [0.1, 0.15) is 0 Å². The lowest BCUT2D eigenvalue weighted by Gasteiger charge is -2.16. The minimum absolute atomic E-state index is 0.176. The Labute approximate surface area is 164 Å². The first-order valence-electron chi connectivity index (χ1n) is 8.29. The van der Waals surface area contributed by atoms with Crippen molar-refractivity contribution in [3.8, 4) is 0 Å². The molecule has 0 aliphatic rings. The molecule has 0 atom stereocenters. The maximum Gasteiger partial charge on any atom is 0.284 e. The van der Waals surface area contributed by atoms with Crippen molar-refractivity contribution < 1.29 is 9.72 Å². The summed E-state index contributed by atoms with van der Waals surface area (Å²) < 4.78 is 2.88. The Hall–Kier alpha value is -3.21. The molecule has 0 fully saturated rings. The Morgan fingerprint density at radius 3 is 2.54 bits per heavy atom. The molecule has 3 aromatic rings. The quantitative estimate of drug-likeness (QED) is 0.298. The molecule has 0 saturated heterocycles. The van der Waals surface area contributed by atoms with Gasteiger partial charge in [-0.2, -0.15) is 0 Å². The molecule has 10 nitrogen and oxygen atoms in total. The van der Waals surface area contributed by atoms with Crippen LogP contribution in [0.4, 0.5) is 5.69 Å². The SMILES string of the molecule is Cn1ccnc1C(=O)c1ccc(Sc2nnc(C(C)(C)C)n2N)c([N+](=O)[O-])c1. The molecule has 0 saturated carbocycles. The molecule has 0 aliphatic carbocycles. The molecule has 1 aromatic carbocycles. The largest absolute Gasteiger partial charge is 0.336 e. The fraction of sp³-hybridized carbons (Fsp3) is 0.294. The van der Waals surface area contributed by atoms with Gasteiger partial charge < -0.3 is 10.4 Å². The van der Waals surface area contributed by atoms with Gasteiger partial charge in [-0.05, 0) is 23.9 Å². The number of hydrogen-bond donors (Lipinski definition) is 1. The lowest BCUT2D eigenvalue weighted by Crippen LogP contribution is -2.24. The van der Waals surface area contributed by atoms with Crippen molar-refractivity contribution >= 4 is 23.2 Å². The van der Waals surface area contributed by atoms with Gasteiger partial charge in [0.05, 0.1) is 9.82 Å². The highest BCUT2D eigenvalue weighted by Gasteiger charge is 2.26. The number of ketones is 1. The molecule has 0 unspecified atom stereocenters. The Balaban J connectivity index is 1.97. The fourth-order valence-electron chi connectivity index (χ4n) is 2.56. The highest BCUT2D eigenvalue weighted by atomic mass is 32.2. The van der Waals surface area contributed by atoms with E-state index in [1.165, 1.54) is 29.1 Å². The van der Waals surface area contributed by atoms with Crippen LogP contribution in [-0.4, -0.2) is 35.1 Å². The number of imidazole rings is 1. The number of carbonyl (C=O) groups is 1. The zero-order chi connectivity index (χ0) is 20.6. The van der Waals surface area contributed by atoms with E-state index in [1.54, 1.807) is 17.8 Å². The van der Waals surface area contributed by atoms with Gasteiger partial charge >= 0.3 is 0 Å². The number of aryl methyl sites for hydroxylation is 1. The summed E-state index contributed by atoms with van der Waals surface area (Å²) >= 11 is 1.02. The molecule has 146 valence electrons. The summed E-state index contributed by atoms with van der Waals surface area (Å²) in [5.74, 6) is 6.41. The van der Waals surface area contributed by atoms with Gasteiger partial charge in [-0.15, -0.1) is 10.2 Å². The number of nitro groups is 1. The topological polar surface area (TPSA) is 135 Å². The fourth-order valence-corrected chi connectivity index (χ4v) is 3.39. The molecular weight excluding hydrogens is 382 g/mol. The molecule has 11 heteroatoms. The summed E-state index contributed by atoms with van der Waals surface area (Å²) in [7, 11) is 1.68. The van der Waals surface area contributed by atoms with E-state index in [4.69, 9.17) is 5.84 Å². The van der Waals surface area contributed by atoms with Gasteiger partial charge in [0.15, 0.2) is 11.6 Å². The smallest absolute Gasteiger partial charge is 0.284 e. The van der Waals surface area contributed by atoms with Crippen LogP contribution in [0.5, 0.6) is 0 Å². The number of nitrogens with zero attached hydrogens (tertiary/aromatic N) is 6. The summed E-state index contributed by atoms with van der Waals surface area (Å²) in [6.45, 7) is 5.82. The first-order valence-corrected chi connectivity index (χ1v) is 9.10. The van der Waals surface area contributed by atoms with E-state index >= 15 is 0 Å². The second kappa shape index (κ2) is 7.08. The summed E-state index contributed by atoms with van der Waals surface area (Å²) in [5.41, 5.74) is -0.370. The zero-order valence-corrected chi connectivity index (χ0v) is 16.6. The van der Waals surface area contributed by atoms with E-state index in [0.717, 1.165) is 11.8 Å². The van der Waals surface area contributed by atoms with Gasteiger partial charge in [0.25, 0.3) is 5.69 Å². The first kappa shape index (κ1) is 19.5. The third-order valence-corrected chi connectivity index (χ3v) is 5.00. The van der Waals surface area contributed by atoms with Crippen LogP contribution in [0, 0.1) is 10.1 Å². The Kier molecular flexibility index (Phi) is 4.94. The predicted octanol–water partition coefficient (Wildman–Crippen LogP) is 2.31. The molecule has 0 spiro atoms. The minimum Gasteiger partial charge on any atom is -0.336 e. The van der Waals surface area contributed by atoms with Crippen molar-refractivity contribution in [1.82, 2.24) is 24.4 Å². The normalized spacial score (nSPS) is 11.6. The third-order valence-electron chi connectivity index (χ3n) is 3.98. The van der Waals surface area contributed by atoms with Gasteiger partial charge in [-0.3, -0.25) is 14.9 Å². The van der Waals surface area contributed by atoms with Gasteiger partial charge in [0, 0.05) is 36.5 Å². The van der Waals surface area contributed by atoms with Crippen molar-refractivity contribution in [1.29, 1.82) is 0 Å². The van der Waals surface area contributed by atoms with Crippen LogP contribution in [0.15, 0.2) is 40.6 Å². The molecule has 0 aliphatic heterocycles. The van der Waals surface area contributed by atoms with E-state index in [-0.39, 0.29) is 22.5 Å². The molecule has 0 radical (unpaired) electrons. The molecular formula is C17H19N7O3S. The van der Waals surface area contributed by atoms with E-state index in [9.17, 15) is 14.9 Å². The average Bonchev–Trinajstić information content (AvgIpc) is 3.20. The van der Waals surface area contributed by atoms with E-state index in [1.807, 2.05) is 20.8 Å². The number of aromatic nitrogens is 5. The molecule has 2 heterocycles. The lowest BCUT2D eigenvalue weighted by molar-refractivity contribution is -0.387. The van der Waals surface area contributed by atoms with Crippen LogP contribution >= 0.6 is 11.8 Å². The van der Waals surface area contributed by atoms with Crippen LogP contribution in [-0.2, 0) is 12.5 Å².